The first-order chi connectivity index (χ1) is 8.21. The number of rotatable bonds is 2. The van der Waals surface area contributed by atoms with E-state index < -0.39 is 0 Å². The van der Waals surface area contributed by atoms with Gasteiger partial charge in [0.1, 0.15) is 5.78 Å². The van der Waals surface area contributed by atoms with Gasteiger partial charge in [0, 0.05) is 11.8 Å². The van der Waals surface area contributed by atoms with E-state index in [9.17, 15) is 4.79 Å². The van der Waals surface area contributed by atoms with Crippen molar-refractivity contribution >= 4 is 5.78 Å². The summed E-state index contributed by atoms with van der Waals surface area (Å²) in [5.74, 6) is 2.27. The largest absolute Gasteiger partial charge is 0.317 e. The molecule has 2 nitrogen and oxygen atoms in total. The maximum absolute atomic E-state index is 12.6. The summed E-state index contributed by atoms with van der Waals surface area (Å²) >= 11 is 0. The molecule has 3 rings (SSSR count). The van der Waals surface area contributed by atoms with Crippen molar-refractivity contribution in [2.45, 2.75) is 51.9 Å². The first kappa shape index (κ1) is 11.7. The molecular weight excluding hydrogens is 210 g/mol. The van der Waals surface area contributed by atoms with E-state index in [4.69, 9.17) is 0 Å². The average Bonchev–Trinajstić information content (AvgIpc) is 3.03. The van der Waals surface area contributed by atoms with Gasteiger partial charge in [0.2, 0.25) is 0 Å². The number of hydrogen-bond acceptors (Lipinski definition) is 2. The van der Waals surface area contributed by atoms with Gasteiger partial charge >= 0.3 is 0 Å². The van der Waals surface area contributed by atoms with Crippen LogP contribution in [-0.4, -0.2) is 18.9 Å². The van der Waals surface area contributed by atoms with E-state index in [1.54, 1.807) is 0 Å². The lowest BCUT2D eigenvalue weighted by molar-refractivity contribution is -0.126. The Kier molecular flexibility index (Phi) is 3.02. The lowest BCUT2D eigenvalue weighted by Crippen LogP contribution is -2.32. The van der Waals surface area contributed by atoms with Crippen LogP contribution in [0.4, 0.5) is 0 Å². The van der Waals surface area contributed by atoms with Crippen molar-refractivity contribution in [3.05, 3.63) is 0 Å². The van der Waals surface area contributed by atoms with Crippen molar-refractivity contribution in [2.75, 3.05) is 13.1 Å². The zero-order chi connectivity index (χ0) is 11.9. The lowest BCUT2D eigenvalue weighted by atomic mass is 9.77. The summed E-state index contributed by atoms with van der Waals surface area (Å²) in [6.07, 6.45) is 8.65. The highest BCUT2D eigenvalue weighted by Crippen LogP contribution is 2.60. The molecule has 3 aliphatic rings. The molecule has 0 aromatic heterocycles. The van der Waals surface area contributed by atoms with Crippen molar-refractivity contribution in [1.29, 1.82) is 0 Å². The molecule has 0 radical (unpaired) electrons. The molecule has 3 atom stereocenters. The Hall–Kier alpha value is -0.370. The SMILES string of the molecule is CC1CCCC(C(=O)C2CC23CCNCC3)C1. The fourth-order valence-corrected chi connectivity index (χ4v) is 4.20. The zero-order valence-electron chi connectivity index (χ0n) is 11.0. The van der Waals surface area contributed by atoms with Gasteiger partial charge in [0.25, 0.3) is 0 Å². The minimum Gasteiger partial charge on any atom is -0.317 e. The van der Waals surface area contributed by atoms with Gasteiger partial charge in [0.05, 0.1) is 0 Å². The predicted octanol–water partition coefficient (Wildman–Crippen LogP) is 2.77. The molecule has 1 heterocycles. The predicted molar refractivity (Wildman–Crippen MR) is 68.8 cm³/mol. The normalized spacial score (nSPS) is 40.2. The van der Waals surface area contributed by atoms with E-state index >= 15 is 0 Å². The average molecular weight is 235 g/mol. The molecule has 0 bridgehead atoms. The molecule has 1 aliphatic heterocycles. The quantitative estimate of drug-likeness (QED) is 0.797. The van der Waals surface area contributed by atoms with Gasteiger partial charge in [-0.1, -0.05) is 19.8 Å². The van der Waals surface area contributed by atoms with E-state index in [-0.39, 0.29) is 0 Å². The Morgan fingerprint density at radius 1 is 1.24 bits per heavy atom. The molecule has 96 valence electrons. The van der Waals surface area contributed by atoms with Crippen LogP contribution >= 0.6 is 0 Å². The molecule has 1 N–H and O–H groups in total. The summed E-state index contributed by atoms with van der Waals surface area (Å²) < 4.78 is 0. The van der Waals surface area contributed by atoms with Crippen LogP contribution in [-0.2, 0) is 4.79 Å². The summed E-state index contributed by atoms with van der Waals surface area (Å²) in [6, 6.07) is 0. The van der Waals surface area contributed by atoms with E-state index in [2.05, 4.69) is 12.2 Å². The second-order valence-corrected chi connectivity index (χ2v) is 6.74. The molecule has 2 aliphatic carbocycles. The summed E-state index contributed by atoms with van der Waals surface area (Å²) in [5.41, 5.74) is 0.447. The van der Waals surface area contributed by atoms with Gasteiger partial charge in [-0.15, -0.1) is 0 Å². The molecule has 3 unspecified atom stereocenters. The number of Topliss-reactive ketones (excluding diaryl/α,β-unsaturated/α-hetero) is 1. The Labute approximate surface area is 105 Å². The van der Waals surface area contributed by atoms with Gasteiger partial charge < -0.3 is 5.32 Å². The Morgan fingerprint density at radius 3 is 2.71 bits per heavy atom. The number of carbonyl (C=O) groups excluding carboxylic acids is 1. The highest BCUT2D eigenvalue weighted by molar-refractivity contribution is 5.87. The van der Waals surface area contributed by atoms with Crippen LogP contribution in [0.15, 0.2) is 0 Å². The Morgan fingerprint density at radius 2 is 2.00 bits per heavy atom. The first-order valence-electron chi connectivity index (χ1n) is 7.46. The maximum atomic E-state index is 12.6. The summed E-state index contributed by atoms with van der Waals surface area (Å²) in [7, 11) is 0. The standard InChI is InChI=1S/C15H25NO/c1-11-3-2-4-12(9-11)14(17)13-10-15(13)5-7-16-8-6-15/h11-13,16H,2-10H2,1H3. The van der Waals surface area contributed by atoms with Gasteiger partial charge in [-0.05, 0) is 56.5 Å². The van der Waals surface area contributed by atoms with E-state index in [1.165, 1.54) is 44.9 Å². The fraction of sp³-hybridized carbons (Fsp3) is 0.933. The van der Waals surface area contributed by atoms with Crippen LogP contribution in [0.25, 0.3) is 0 Å². The van der Waals surface area contributed by atoms with E-state index in [1.807, 2.05) is 0 Å². The van der Waals surface area contributed by atoms with Gasteiger partial charge in [-0.2, -0.15) is 0 Å². The van der Waals surface area contributed by atoms with E-state index in [0.717, 1.165) is 19.0 Å². The minimum atomic E-state index is 0.415. The van der Waals surface area contributed by atoms with Crippen LogP contribution in [0.1, 0.15) is 51.9 Å². The van der Waals surface area contributed by atoms with Crippen LogP contribution in [0.2, 0.25) is 0 Å². The first-order valence-corrected chi connectivity index (χ1v) is 7.46. The molecule has 2 heteroatoms. The molecule has 17 heavy (non-hydrogen) atoms. The summed E-state index contributed by atoms with van der Waals surface area (Å²) in [6.45, 7) is 4.57. The summed E-state index contributed by atoms with van der Waals surface area (Å²) in [5, 5.41) is 3.42. The van der Waals surface area contributed by atoms with Crippen molar-refractivity contribution in [3.63, 3.8) is 0 Å². The molecule has 0 aromatic carbocycles. The zero-order valence-corrected chi connectivity index (χ0v) is 11.0. The van der Waals surface area contributed by atoms with Crippen molar-refractivity contribution in [3.8, 4) is 0 Å². The third kappa shape index (κ3) is 2.16. The number of nitrogens with one attached hydrogen (secondary N) is 1. The topological polar surface area (TPSA) is 29.1 Å². The van der Waals surface area contributed by atoms with Crippen molar-refractivity contribution < 1.29 is 4.79 Å². The van der Waals surface area contributed by atoms with Gasteiger partial charge in [0.15, 0.2) is 0 Å². The van der Waals surface area contributed by atoms with E-state index in [0.29, 0.717) is 23.0 Å². The maximum Gasteiger partial charge on any atom is 0.139 e. The number of ketones is 1. The number of hydrogen-bond donors (Lipinski definition) is 1. The van der Waals surface area contributed by atoms with Crippen LogP contribution < -0.4 is 5.32 Å². The molecule has 3 fully saturated rings. The third-order valence-corrected chi connectivity index (χ3v) is 5.47. The Balaban J connectivity index is 1.60. The molecule has 0 aromatic rings. The van der Waals surface area contributed by atoms with Crippen LogP contribution in [0, 0.1) is 23.2 Å². The second kappa shape index (κ2) is 4.38. The van der Waals surface area contributed by atoms with Crippen LogP contribution in [0.3, 0.4) is 0 Å². The highest BCUT2D eigenvalue weighted by atomic mass is 16.1. The van der Waals surface area contributed by atoms with Gasteiger partial charge in [-0.25, -0.2) is 0 Å². The molecule has 0 amide bonds. The molecule has 1 saturated heterocycles. The van der Waals surface area contributed by atoms with Crippen molar-refractivity contribution in [2.24, 2.45) is 23.2 Å². The smallest absolute Gasteiger partial charge is 0.139 e. The number of piperidine rings is 1. The summed E-state index contributed by atoms with van der Waals surface area (Å²) in [4.78, 5) is 12.6. The molecule has 1 spiro atoms. The molecular formula is C15H25NO. The van der Waals surface area contributed by atoms with Gasteiger partial charge in [-0.3, -0.25) is 4.79 Å². The fourth-order valence-electron chi connectivity index (χ4n) is 4.20. The van der Waals surface area contributed by atoms with Crippen LogP contribution in [0.5, 0.6) is 0 Å². The highest BCUT2D eigenvalue weighted by Gasteiger charge is 2.58. The molecule has 2 saturated carbocycles. The van der Waals surface area contributed by atoms with Crippen molar-refractivity contribution in [1.82, 2.24) is 5.32 Å². The second-order valence-electron chi connectivity index (χ2n) is 6.74. The lowest BCUT2D eigenvalue weighted by Gasteiger charge is -2.28. The minimum absolute atomic E-state index is 0.415. The third-order valence-electron chi connectivity index (χ3n) is 5.47. The Bertz CT molecular complexity index is 306. The monoisotopic (exact) mass is 235 g/mol. The number of carbonyl (C=O) groups is 1.